The van der Waals surface area contributed by atoms with Crippen molar-refractivity contribution in [1.82, 2.24) is 9.97 Å². The number of aromatic nitrogens is 2. The Morgan fingerprint density at radius 1 is 0.474 bits per heavy atom. The van der Waals surface area contributed by atoms with Gasteiger partial charge in [0.1, 0.15) is 0 Å². The maximum atomic E-state index is 5.09. The van der Waals surface area contributed by atoms with Crippen molar-refractivity contribution >= 4 is 55.8 Å². The summed E-state index contributed by atoms with van der Waals surface area (Å²) in [7, 11) is 0. The number of hydrogen-bond acceptors (Lipinski definition) is 4. The number of hydrogen-bond donors (Lipinski definition) is 0. The molecule has 4 heteroatoms. The van der Waals surface area contributed by atoms with Gasteiger partial charge < -0.3 is 0 Å². The summed E-state index contributed by atoms with van der Waals surface area (Å²) in [6.45, 7) is 0. The van der Waals surface area contributed by atoms with Crippen molar-refractivity contribution in [2.45, 2.75) is 37.8 Å². The second kappa shape index (κ2) is 9.79. The molecule has 4 nitrogen and oxygen atoms in total. The molecule has 2 aromatic heterocycles. The monoisotopic (exact) mass is 492 g/mol. The molecule has 7 rings (SSSR count). The summed E-state index contributed by atoms with van der Waals surface area (Å²) in [5.41, 5.74) is 3.85. The minimum Gasteiger partial charge on any atom is -0.285 e. The fraction of sp³-hybridized carbons (Fsp3) is 0.176. The Morgan fingerprint density at radius 3 is 1.29 bits per heavy atom. The van der Waals surface area contributed by atoms with Gasteiger partial charge in [0.15, 0.2) is 0 Å². The van der Waals surface area contributed by atoms with Crippen LogP contribution in [-0.2, 0) is 0 Å². The topological polar surface area (TPSA) is 50.5 Å². The molecule has 2 heterocycles. The van der Waals surface area contributed by atoms with Crippen molar-refractivity contribution in [3.8, 4) is 0 Å². The number of rotatable bonds is 4. The molecule has 1 aliphatic carbocycles. The van der Waals surface area contributed by atoms with E-state index in [1.54, 1.807) is 0 Å². The van der Waals surface area contributed by atoms with Gasteiger partial charge in [-0.15, -0.1) is 0 Å². The third-order valence-corrected chi connectivity index (χ3v) is 7.75. The number of fused-ring (bicyclic) bond motifs is 6. The molecular formula is C34H28N4. The van der Waals surface area contributed by atoms with Gasteiger partial charge in [-0.25, -0.2) is 9.97 Å². The molecule has 0 unspecified atom stereocenters. The Balaban J connectivity index is 1.24. The highest BCUT2D eigenvalue weighted by atomic mass is 14.9. The summed E-state index contributed by atoms with van der Waals surface area (Å²) in [4.78, 5) is 20.1. The number of para-hydroxylation sites is 2. The lowest BCUT2D eigenvalue weighted by atomic mass is 9.91. The summed E-state index contributed by atoms with van der Waals surface area (Å²) in [5.74, 6) is 0. The first-order chi connectivity index (χ1) is 18.8. The number of pyridine rings is 2. The molecule has 0 spiro atoms. The zero-order chi connectivity index (χ0) is 25.3. The Labute approximate surface area is 221 Å². The molecule has 6 aromatic rings. The van der Waals surface area contributed by atoms with E-state index in [0.29, 0.717) is 0 Å². The number of nitrogens with zero attached hydrogens (tertiary/aromatic N) is 4. The van der Waals surface area contributed by atoms with Crippen molar-refractivity contribution in [2.75, 3.05) is 0 Å². The average Bonchev–Trinajstić information content (AvgIpc) is 2.99. The van der Waals surface area contributed by atoms with Crippen LogP contribution in [0.5, 0.6) is 0 Å². The smallest absolute Gasteiger partial charge is 0.0894 e. The molecule has 0 saturated heterocycles. The molecular weight excluding hydrogens is 464 g/mol. The van der Waals surface area contributed by atoms with Crippen LogP contribution in [0.1, 0.15) is 37.1 Å². The van der Waals surface area contributed by atoms with Gasteiger partial charge in [-0.2, -0.15) is 0 Å². The first-order valence-corrected chi connectivity index (χ1v) is 13.5. The second-order valence-corrected chi connectivity index (χ2v) is 10.1. The summed E-state index contributed by atoms with van der Waals surface area (Å²) in [5, 5.41) is 7.06. The van der Waals surface area contributed by atoms with Gasteiger partial charge in [-0.3, -0.25) is 9.98 Å². The van der Waals surface area contributed by atoms with E-state index in [2.05, 4.69) is 84.9 Å². The van der Waals surface area contributed by atoms with Gasteiger partial charge in [0.2, 0.25) is 0 Å². The third kappa shape index (κ3) is 4.12. The molecule has 38 heavy (non-hydrogen) atoms. The van der Waals surface area contributed by atoms with Crippen LogP contribution in [0.15, 0.2) is 107 Å². The fourth-order valence-electron chi connectivity index (χ4n) is 5.83. The van der Waals surface area contributed by atoms with Crippen LogP contribution in [0.3, 0.4) is 0 Å². The predicted molar refractivity (Wildman–Crippen MR) is 160 cm³/mol. The first kappa shape index (κ1) is 22.7. The highest BCUT2D eigenvalue weighted by Gasteiger charge is 2.23. The SMILES string of the molecule is C(=N[C@@H]1CCCC[C@H]1N=Cc1nc2ccccc2c2ccccc12)c1nc2ccccc2c2ccccc12. The minimum absolute atomic E-state index is 0.138. The molecule has 4 aromatic carbocycles. The van der Waals surface area contributed by atoms with Crippen molar-refractivity contribution in [1.29, 1.82) is 0 Å². The van der Waals surface area contributed by atoms with Crippen LogP contribution in [0, 0.1) is 0 Å². The van der Waals surface area contributed by atoms with Gasteiger partial charge >= 0.3 is 0 Å². The number of aliphatic imine (C=N–C) groups is 2. The van der Waals surface area contributed by atoms with Crippen LogP contribution >= 0.6 is 0 Å². The maximum absolute atomic E-state index is 5.09. The van der Waals surface area contributed by atoms with E-state index in [9.17, 15) is 0 Å². The summed E-state index contributed by atoms with van der Waals surface area (Å²) in [6, 6.07) is 33.9. The molecule has 0 aliphatic heterocycles. The average molecular weight is 493 g/mol. The molecule has 1 aliphatic rings. The normalized spacial score (nSPS) is 18.4. The number of benzene rings is 4. The molecule has 0 bridgehead atoms. The highest BCUT2D eigenvalue weighted by molar-refractivity contribution is 6.12. The molecule has 1 saturated carbocycles. The standard InChI is InChI=1S/C34H28N4/c1-3-15-27-23(11-1)25-13-5-7-17-29(25)37-33(27)21-35-31-19-9-10-20-32(31)36-22-34-28-16-4-2-12-24(28)26-14-6-8-18-30(26)38-34/h1-8,11-18,21-22,31-32H,9-10,19-20H2/t31-,32-/m1/s1. The van der Waals surface area contributed by atoms with E-state index in [1.165, 1.54) is 34.4 Å². The van der Waals surface area contributed by atoms with E-state index in [0.717, 1.165) is 46.0 Å². The molecule has 0 radical (unpaired) electrons. The van der Waals surface area contributed by atoms with E-state index in [4.69, 9.17) is 20.0 Å². The summed E-state index contributed by atoms with van der Waals surface area (Å²) < 4.78 is 0. The van der Waals surface area contributed by atoms with Crippen LogP contribution in [-0.4, -0.2) is 34.5 Å². The maximum Gasteiger partial charge on any atom is 0.0894 e. The molecule has 2 atom stereocenters. The van der Waals surface area contributed by atoms with Crippen molar-refractivity contribution in [3.63, 3.8) is 0 Å². The van der Waals surface area contributed by atoms with Crippen LogP contribution in [0.25, 0.3) is 43.4 Å². The predicted octanol–water partition coefficient (Wildman–Crippen LogP) is 7.94. The lowest BCUT2D eigenvalue weighted by Gasteiger charge is -2.25. The van der Waals surface area contributed by atoms with E-state index in [-0.39, 0.29) is 12.1 Å². The van der Waals surface area contributed by atoms with Crippen molar-refractivity contribution in [3.05, 3.63) is 108 Å². The highest BCUT2D eigenvalue weighted by Crippen LogP contribution is 2.29. The zero-order valence-corrected chi connectivity index (χ0v) is 21.2. The lowest BCUT2D eigenvalue weighted by molar-refractivity contribution is 0.390. The molecule has 1 fully saturated rings. The first-order valence-electron chi connectivity index (χ1n) is 13.5. The van der Waals surface area contributed by atoms with Gasteiger partial charge in [0.05, 0.1) is 34.5 Å². The lowest BCUT2D eigenvalue weighted by Crippen LogP contribution is -2.27. The Hall–Kier alpha value is -4.44. The van der Waals surface area contributed by atoms with E-state index < -0.39 is 0 Å². The van der Waals surface area contributed by atoms with Gasteiger partial charge in [-0.1, -0.05) is 97.8 Å². The Kier molecular flexibility index (Phi) is 5.86. The Morgan fingerprint density at radius 2 is 0.842 bits per heavy atom. The van der Waals surface area contributed by atoms with Crippen molar-refractivity contribution < 1.29 is 0 Å². The molecule has 0 amide bonds. The van der Waals surface area contributed by atoms with Gasteiger partial charge in [-0.05, 0) is 35.7 Å². The second-order valence-electron chi connectivity index (χ2n) is 10.1. The van der Waals surface area contributed by atoms with Gasteiger partial charge in [0.25, 0.3) is 0 Å². The molecule has 184 valence electrons. The summed E-state index contributed by atoms with van der Waals surface area (Å²) in [6.07, 6.45) is 8.40. The van der Waals surface area contributed by atoms with Crippen LogP contribution in [0.4, 0.5) is 0 Å². The summed E-state index contributed by atoms with van der Waals surface area (Å²) >= 11 is 0. The third-order valence-electron chi connectivity index (χ3n) is 7.75. The fourth-order valence-corrected chi connectivity index (χ4v) is 5.83. The van der Waals surface area contributed by atoms with Crippen LogP contribution in [0.2, 0.25) is 0 Å². The minimum atomic E-state index is 0.138. The van der Waals surface area contributed by atoms with E-state index >= 15 is 0 Å². The van der Waals surface area contributed by atoms with Gasteiger partial charge in [0, 0.05) is 34.0 Å². The molecule has 0 N–H and O–H groups in total. The van der Waals surface area contributed by atoms with Crippen molar-refractivity contribution in [2.24, 2.45) is 9.98 Å². The largest absolute Gasteiger partial charge is 0.285 e. The Bertz CT molecular complexity index is 1720. The van der Waals surface area contributed by atoms with E-state index in [1.807, 2.05) is 24.6 Å². The zero-order valence-electron chi connectivity index (χ0n) is 21.2. The van der Waals surface area contributed by atoms with Crippen LogP contribution < -0.4 is 0 Å². The quantitative estimate of drug-likeness (QED) is 0.185.